The second-order valence-corrected chi connectivity index (χ2v) is 5.06. The first-order valence-corrected chi connectivity index (χ1v) is 6.37. The topological polar surface area (TPSA) is 48.5 Å². The number of likely N-dealkylation sites (N-methyl/N-ethyl adjacent to an activating group) is 1. The maximum Gasteiger partial charge on any atom is 0.323 e. The number of nitrogens with zero attached hydrogens (tertiary/aromatic N) is 3. The third kappa shape index (κ3) is 3.20. The first kappa shape index (κ1) is 13.7. The van der Waals surface area contributed by atoms with Gasteiger partial charge >= 0.3 is 6.03 Å². The Balaban J connectivity index is 1.98. The molecule has 104 valence electrons. The molecule has 1 saturated heterocycles. The van der Waals surface area contributed by atoms with Crippen LogP contribution >= 0.6 is 0 Å². The van der Waals surface area contributed by atoms with Gasteiger partial charge in [0.1, 0.15) is 11.6 Å². The average Bonchev–Trinajstić information content (AvgIpc) is 2.38. The van der Waals surface area contributed by atoms with Crippen molar-refractivity contribution in [2.45, 2.75) is 25.9 Å². The molecule has 1 aliphatic rings. The summed E-state index contributed by atoms with van der Waals surface area (Å²) in [6.45, 7) is 5.53. The van der Waals surface area contributed by atoms with Crippen molar-refractivity contribution in [3.8, 4) is 0 Å². The van der Waals surface area contributed by atoms with Crippen LogP contribution in [0.5, 0.6) is 0 Å². The van der Waals surface area contributed by atoms with Crippen molar-refractivity contribution in [1.82, 2.24) is 14.8 Å². The average molecular weight is 266 g/mol. The van der Waals surface area contributed by atoms with Crippen molar-refractivity contribution >= 4 is 11.8 Å². The second-order valence-electron chi connectivity index (χ2n) is 5.06. The number of pyridine rings is 1. The Morgan fingerprint density at radius 3 is 2.53 bits per heavy atom. The normalized spacial score (nSPS) is 24.3. The van der Waals surface area contributed by atoms with Gasteiger partial charge in [0.2, 0.25) is 0 Å². The zero-order valence-corrected chi connectivity index (χ0v) is 11.4. The van der Waals surface area contributed by atoms with E-state index < -0.39 is 5.82 Å². The standard InChI is InChI=1S/C13H19FN4O/c1-9-7-18(8-10(2)17(9)3)13(19)16-12-5-4-11(14)6-15-12/h4-6,9-10H,7-8H2,1-3H3,(H,15,16,19)/t9-,10+. The van der Waals surface area contributed by atoms with E-state index in [1.807, 2.05) is 0 Å². The van der Waals surface area contributed by atoms with Gasteiger partial charge in [0.15, 0.2) is 0 Å². The lowest BCUT2D eigenvalue weighted by Gasteiger charge is -2.42. The van der Waals surface area contributed by atoms with Gasteiger partial charge in [-0.1, -0.05) is 0 Å². The summed E-state index contributed by atoms with van der Waals surface area (Å²) in [7, 11) is 2.06. The number of rotatable bonds is 1. The molecule has 19 heavy (non-hydrogen) atoms. The van der Waals surface area contributed by atoms with Gasteiger partial charge in [-0.15, -0.1) is 0 Å². The molecular weight excluding hydrogens is 247 g/mol. The molecular formula is C13H19FN4O. The lowest BCUT2D eigenvalue weighted by molar-refractivity contribution is 0.0816. The highest BCUT2D eigenvalue weighted by Crippen LogP contribution is 2.14. The van der Waals surface area contributed by atoms with Gasteiger partial charge in [-0.3, -0.25) is 10.2 Å². The predicted octanol–water partition coefficient (Wildman–Crippen LogP) is 1.78. The molecule has 0 aliphatic carbocycles. The highest BCUT2D eigenvalue weighted by Gasteiger charge is 2.29. The van der Waals surface area contributed by atoms with E-state index in [0.29, 0.717) is 31.0 Å². The fourth-order valence-corrected chi connectivity index (χ4v) is 2.21. The predicted molar refractivity (Wildman–Crippen MR) is 71.5 cm³/mol. The van der Waals surface area contributed by atoms with Crippen molar-refractivity contribution in [1.29, 1.82) is 0 Å². The highest BCUT2D eigenvalue weighted by molar-refractivity contribution is 5.88. The van der Waals surface area contributed by atoms with Crippen LogP contribution in [0.4, 0.5) is 15.0 Å². The van der Waals surface area contributed by atoms with Gasteiger partial charge in [-0.2, -0.15) is 0 Å². The smallest absolute Gasteiger partial charge is 0.321 e. The minimum Gasteiger partial charge on any atom is -0.321 e. The van der Waals surface area contributed by atoms with Gasteiger partial charge in [-0.05, 0) is 33.0 Å². The third-order valence-electron chi connectivity index (χ3n) is 3.61. The van der Waals surface area contributed by atoms with E-state index in [0.717, 1.165) is 6.20 Å². The summed E-state index contributed by atoms with van der Waals surface area (Å²) in [5, 5.41) is 2.69. The summed E-state index contributed by atoms with van der Waals surface area (Å²) in [4.78, 5) is 19.9. The van der Waals surface area contributed by atoms with E-state index in [2.05, 4.69) is 36.1 Å². The molecule has 0 saturated carbocycles. The summed E-state index contributed by atoms with van der Waals surface area (Å²) < 4.78 is 12.7. The summed E-state index contributed by atoms with van der Waals surface area (Å²) in [6.07, 6.45) is 1.09. The molecule has 6 heteroatoms. The number of nitrogens with one attached hydrogen (secondary N) is 1. The number of carbonyl (C=O) groups is 1. The van der Waals surface area contributed by atoms with Crippen LogP contribution < -0.4 is 5.32 Å². The van der Waals surface area contributed by atoms with Crippen LogP contribution in [0, 0.1) is 5.82 Å². The fraction of sp³-hybridized carbons (Fsp3) is 0.538. The van der Waals surface area contributed by atoms with Crippen LogP contribution in [0.15, 0.2) is 18.3 Å². The van der Waals surface area contributed by atoms with Crippen molar-refractivity contribution in [2.24, 2.45) is 0 Å². The quantitative estimate of drug-likeness (QED) is 0.843. The fourth-order valence-electron chi connectivity index (χ4n) is 2.21. The number of carbonyl (C=O) groups excluding carboxylic acids is 1. The molecule has 2 atom stereocenters. The Kier molecular flexibility index (Phi) is 3.99. The second kappa shape index (κ2) is 5.52. The number of amides is 2. The van der Waals surface area contributed by atoms with Gasteiger partial charge in [0.05, 0.1) is 6.20 Å². The third-order valence-corrected chi connectivity index (χ3v) is 3.61. The van der Waals surface area contributed by atoms with Crippen LogP contribution in [-0.2, 0) is 0 Å². The lowest BCUT2D eigenvalue weighted by atomic mass is 10.1. The summed E-state index contributed by atoms with van der Waals surface area (Å²) in [5.41, 5.74) is 0. The Morgan fingerprint density at radius 1 is 1.37 bits per heavy atom. The minimum absolute atomic E-state index is 0.189. The van der Waals surface area contributed by atoms with E-state index in [1.165, 1.54) is 12.1 Å². The Labute approximate surface area is 112 Å². The SMILES string of the molecule is C[C@@H]1CN(C(=O)Nc2ccc(F)cn2)C[C@H](C)N1C. The monoisotopic (exact) mass is 266 g/mol. The Hall–Kier alpha value is -1.69. The number of halogens is 1. The summed E-state index contributed by atoms with van der Waals surface area (Å²) in [6, 6.07) is 3.17. The van der Waals surface area contributed by atoms with Crippen molar-refractivity contribution in [3.05, 3.63) is 24.1 Å². The number of hydrogen-bond donors (Lipinski definition) is 1. The van der Waals surface area contributed by atoms with Gasteiger partial charge in [0.25, 0.3) is 0 Å². The molecule has 0 bridgehead atoms. The molecule has 2 heterocycles. The van der Waals surface area contributed by atoms with Gasteiger partial charge < -0.3 is 4.90 Å². The van der Waals surface area contributed by atoms with Crippen LogP contribution in [-0.4, -0.2) is 53.0 Å². The molecule has 1 aromatic heterocycles. The van der Waals surface area contributed by atoms with Crippen molar-refractivity contribution in [2.75, 3.05) is 25.5 Å². The number of hydrogen-bond acceptors (Lipinski definition) is 3. The van der Waals surface area contributed by atoms with Crippen LogP contribution in [0.1, 0.15) is 13.8 Å². The molecule has 2 amide bonds. The van der Waals surface area contributed by atoms with Crippen molar-refractivity contribution < 1.29 is 9.18 Å². The number of anilines is 1. The van der Waals surface area contributed by atoms with E-state index >= 15 is 0 Å². The lowest BCUT2D eigenvalue weighted by Crippen LogP contribution is -2.57. The first-order chi connectivity index (χ1) is 8.97. The molecule has 0 unspecified atom stereocenters. The molecule has 0 aromatic carbocycles. The van der Waals surface area contributed by atoms with Crippen molar-refractivity contribution in [3.63, 3.8) is 0 Å². The molecule has 1 aliphatic heterocycles. The molecule has 0 spiro atoms. The molecule has 2 rings (SSSR count). The number of aromatic nitrogens is 1. The zero-order valence-electron chi connectivity index (χ0n) is 11.4. The molecule has 1 aromatic rings. The van der Waals surface area contributed by atoms with E-state index in [-0.39, 0.29) is 6.03 Å². The van der Waals surface area contributed by atoms with Crippen LogP contribution in [0.3, 0.4) is 0 Å². The number of piperazine rings is 1. The van der Waals surface area contributed by atoms with E-state index in [9.17, 15) is 9.18 Å². The Bertz CT molecular complexity index is 438. The van der Waals surface area contributed by atoms with E-state index in [1.54, 1.807) is 4.90 Å². The number of urea groups is 1. The first-order valence-electron chi connectivity index (χ1n) is 6.37. The highest BCUT2D eigenvalue weighted by atomic mass is 19.1. The maximum atomic E-state index is 12.7. The van der Waals surface area contributed by atoms with Gasteiger partial charge in [0, 0.05) is 25.2 Å². The minimum atomic E-state index is -0.417. The molecule has 1 N–H and O–H groups in total. The maximum absolute atomic E-state index is 12.7. The summed E-state index contributed by atoms with van der Waals surface area (Å²) >= 11 is 0. The zero-order chi connectivity index (χ0) is 14.0. The molecule has 5 nitrogen and oxygen atoms in total. The van der Waals surface area contributed by atoms with E-state index in [4.69, 9.17) is 0 Å². The van der Waals surface area contributed by atoms with Crippen LogP contribution in [0.2, 0.25) is 0 Å². The Morgan fingerprint density at radius 2 is 2.00 bits per heavy atom. The summed E-state index contributed by atoms with van der Waals surface area (Å²) in [5.74, 6) is -0.0505. The molecule has 1 fully saturated rings. The molecule has 0 radical (unpaired) electrons. The largest absolute Gasteiger partial charge is 0.323 e. The van der Waals surface area contributed by atoms with Crippen LogP contribution in [0.25, 0.3) is 0 Å². The van der Waals surface area contributed by atoms with Gasteiger partial charge in [-0.25, -0.2) is 14.2 Å².